The van der Waals surface area contributed by atoms with Crippen molar-refractivity contribution in [1.82, 2.24) is 0 Å². The van der Waals surface area contributed by atoms with Gasteiger partial charge in [0.1, 0.15) is 5.75 Å². The standard InChI is InChI=1S/C19H21ClN2O3/c1-3-25-18-7-5-4-6-14(18)8-11-19(24)22-17-12-15(21-13(2)23)9-10-16(17)20/h4-7,9-10,12H,3,8,11H2,1-2H3,(H,21,23)(H,22,24). The molecule has 132 valence electrons. The molecule has 0 atom stereocenters. The number of hydrogen-bond acceptors (Lipinski definition) is 3. The van der Waals surface area contributed by atoms with Gasteiger partial charge in [0, 0.05) is 19.0 Å². The van der Waals surface area contributed by atoms with Gasteiger partial charge in [-0.1, -0.05) is 29.8 Å². The van der Waals surface area contributed by atoms with Crippen LogP contribution in [0.15, 0.2) is 42.5 Å². The Balaban J connectivity index is 2.00. The first-order chi connectivity index (χ1) is 12.0. The third-order valence-corrected chi connectivity index (χ3v) is 3.78. The molecule has 0 aromatic heterocycles. The van der Waals surface area contributed by atoms with E-state index < -0.39 is 0 Å². The number of halogens is 1. The summed E-state index contributed by atoms with van der Waals surface area (Å²) in [6.07, 6.45) is 0.857. The van der Waals surface area contributed by atoms with E-state index in [0.29, 0.717) is 35.8 Å². The molecule has 2 aromatic carbocycles. The average molecular weight is 361 g/mol. The smallest absolute Gasteiger partial charge is 0.224 e. The van der Waals surface area contributed by atoms with Crippen molar-refractivity contribution >= 4 is 34.8 Å². The van der Waals surface area contributed by atoms with Crippen LogP contribution in [0.1, 0.15) is 25.8 Å². The summed E-state index contributed by atoms with van der Waals surface area (Å²) in [7, 11) is 0. The molecule has 5 nitrogen and oxygen atoms in total. The summed E-state index contributed by atoms with van der Waals surface area (Å²) in [5.74, 6) is 0.448. The zero-order valence-corrected chi connectivity index (χ0v) is 15.0. The normalized spacial score (nSPS) is 10.2. The fourth-order valence-electron chi connectivity index (χ4n) is 2.37. The highest BCUT2D eigenvalue weighted by Crippen LogP contribution is 2.26. The van der Waals surface area contributed by atoms with Crippen molar-refractivity contribution in [3.05, 3.63) is 53.1 Å². The van der Waals surface area contributed by atoms with Gasteiger partial charge in [0.15, 0.2) is 0 Å². The average Bonchev–Trinajstić information content (AvgIpc) is 2.57. The first kappa shape index (κ1) is 18.8. The molecule has 0 fully saturated rings. The van der Waals surface area contributed by atoms with Crippen LogP contribution in [0, 0.1) is 0 Å². The number of benzene rings is 2. The molecule has 0 radical (unpaired) electrons. The van der Waals surface area contributed by atoms with Gasteiger partial charge in [-0.2, -0.15) is 0 Å². The minimum Gasteiger partial charge on any atom is -0.494 e. The molecule has 25 heavy (non-hydrogen) atoms. The maximum absolute atomic E-state index is 12.2. The van der Waals surface area contributed by atoms with E-state index in [1.165, 1.54) is 6.92 Å². The van der Waals surface area contributed by atoms with Crippen LogP contribution in [0.25, 0.3) is 0 Å². The highest BCUT2D eigenvalue weighted by Gasteiger charge is 2.10. The largest absolute Gasteiger partial charge is 0.494 e. The van der Waals surface area contributed by atoms with Crippen LogP contribution in [-0.4, -0.2) is 18.4 Å². The van der Waals surface area contributed by atoms with Crippen LogP contribution < -0.4 is 15.4 Å². The maximum Gasteiger partial charge on any atom is 0.224 e. The van der Waals surface area contributed by atoms with E-state index in [1.54, 1.807) is 18.2 Å². The number of ether oxygens (including phenoxy) is 1. The Kier molecular flexibility index (Phi) is 6.83. The van der Waals surface area contributed by atoms with Crippen molar-refractivity contribution in [2.24, 2.45) is 0 Å². The van der Waals surface area contributed by atoms with Crippen molar-refractivity contribution in [1.29, 1.82) is 0 Å². The molecule has 0 aliphatic carbocycles. The highest BCUT2D eigenvalue weighted by atomic mass is 35.5. The van der Waals surface area contributed by atoms with Crippen LogP contribution in [-0.2, 0) is 16.0 Å². The third-order valence-electron chi connectivity index (χ3n) is 3.45. The molecule has 2 aromatic rings. The molecule has 2 rings (SSSR count). The lowest BCUT2D eigenvalue weighted by Gasteiger charge is -2.11. The van der Waals surface area contributed by atoms with Gasteiger partial charge in [-0.05, 0) is 43.2 Å². The van der Waals surface area contributed by atoms with Crippen molar-refractivity contribution in [2.75, 3.05) is 17.2 Å². The topological polar surface area (TPSA) is 67.4 Å². The van der Waals surface area contributed by atoms with E-state index in [2.05, 4.69) is 10.6 Å². The number of carbonyl (C=O) groups excluding carboxylic acids is 2. The van der Waals surface area contributed by atoms with E-state index in [1.807, 2.05) is 31.2 Å². The highest BCUT2D eigenvalue weighted by molar-refractivity contribution is 6.33. The fraction of sp³-hybridized carbons (Fsp3) is 0.263. The van der Waals surface area contributed by atoms with E-state index in [9.17, 15) is 9.59 Å². The molecule has 0 aliphatic heterocycles. The van der Waals surface area contributed by atoms with Crippen LogP contribution in [0.5, 0.6) is 5.75 Å². The molecule has 0 saturated heterocycles. The Morgan fingerprint density at radius 3 is 2.60 bits per heavy atom. The second-order valence-corrected chi connectivity index (χ2v) is 5.87. The van der Waals surface area contributed by atoms with Crippen LogP contribution >= 0.6 is 11.6 Å². The second-order valence-electron chi connectivity index (χ2n) is 5.46. The number of anilines is 2. The number of rotatable bonds is 7. The third kappa shape index (κ3) is 5.80. The van der Waals surface area contributed by atoms with E-state index >= 15 is 0 Å². The SMILES string of the molecule is CCOc1ccccc1CCC(=O)Nc1cc(NC(C)=O)ccc1Cl. The first-order valence-electron chi connectivity index (χ1n) is 8.07. The lowest BCUT2D eigenvalue weighted by Crippen LogP contribution is -2.13. The summed E-state index contributed by atoms with van der Waals surface area (Å²) in [5, 5.41) is 5.86. The molecule has 6 heteroatoms. The lowest BCUT2D eigenvalue weighted by atomic mass is 10.1. The zero-order valence-electron chi connectivity index (χ0n) is 14.3. The van der Waals surface area contributed by atoms with Crippen LogP contribution in [0.4, 0.5) is 11.4 Å². The van der Waals surface area contributed by atoms with Crippen molar-refractivity contribution < 1.29 is 14.3 Å². The number of nitrogens with one attached hydrogen (secondary N) is 2. The predicted octanol–water partition coefficient (Wildman–Crippen LogP) is 4.27. The van der Waals surface area contributed by atoms with Gasteiger partial charge in [0.25, 0.3) is 0 Å². The quantitative estimate of drug-likeness (QED) is 0.774. The van der Waals surface area contributed by atoms with E-state index in [4.69, 9.17) is 16.3 Å². The first-order valence-corrected chi connectivity index (χ1v) is 8.45. The summed E-state index contributed by atoms with van der Waals surface area (Å²) in [4.78, 5) is 23.4. The summed E-state index contributed by atoms with van der Waals surface area (Å²) in [6, 6.07) is 12.6. The molecule has 2 N–H and O–H groups in total. The molecule has 0 aliphatic rings. The molecule has 0 bridgehead atoms. The number of hydrogen-bond donors (Lipinski definition) is 2. The Hall–Kier alpha value is -2.53. The Bertz CT molecular complexity index is 762. The van der Waals surface area contributed by atoms with Crippen molar-refractivity contribution in [3.8, 4) is 5.75 Å². The van der Waals surface area contributed by atoms with Gasteiger partial charge >= 0.3 is 0 Å². The van der Waals surface area contributed by atoms with E-state index in [0.717, 1.165) is 11.3 Å². The van der Waals surface area contributed by atoms with Gasteiger partial charge in [-0.15, -0.1) is 0 Å². The summed E-state index contributed by atoms with van der Waals surface area (Å²) in [5.41, 5.74) is 2.03. The van der Waals surface area contributed by atoms with Gasteiger partial charge in [0.2, 0.25) is 11.8 Å². The molecular weight excluding hydrogens is 340 g/mol. The summed E-state index contributed by atoms with van der Waals surface area (Å²) >= 11 is 6.11. The maximum atomic E-state index is 12.2. The van der Waals surface area contributed by atoms with Crippen LogP contribution in [0.3, 0.4) is 0 Å². The zero-order chi connectivity index (χ0) is 18.2. The second kappa shape index (κ2) is 9.08. The predicted molar refractivity (Wildman–Crippen MR) is 100 cm³/mol. The van der Waals surface area contributed by atoms with Gasteiger partial charge in [-0.3, -0.25) is 9.59 Å². The van der Waals surface area contributed by atoms with Gasteiger partial charge in [0.05, 0.1) is 17.3 Å². The minimum atomic E-state index is -0.188. The summed E-state index contributed by atoms with van der Waals surface area (Å²) in [6.45, 7) is 3.92. The van der Waals surface area contributed by atoms with Crippen molar-refractivity contribution in [2.45, 2.75) is 26.7 Å². The number of aryl methyl sites for hydroxylation is 1. The molecule has 2 amide bonds. The molecule has 0 heterocycles. The van der Waals surface area contributed by atoms with Crippen molar-refractivity contribution in [3.63, 3.8) is 0 Å². The Morgan fingerprint density at radius 1 is 1.12 bits per heavy atom. The van der Waals surface area contributed by atoms with E-state index in [-0.39, 0.29) is 11.8 Å². The summed E-state index contributed by atoms with van der Waals surface area (Å²) < 4.78 is 5.57. The number of para-hydroxylation sites is 1. The lowest BCUT2D eigenvalue weighted by molar-refractivity contribution is -0.116. The molecular formula is C19H21ClN2O3. The monoisotopic (exact) mass is 360 g/mol. The molecule has 0 unspecified atom stereocenters. The molecule has 0 saturated carbocycles. The fourth-order valence-corrected chi connectivity index (χ4v) is 2.53. The van der Waals surface area contributed by atoms with Gasteiger partial charge < -0.3 is 15.4 Å². The minimum absolute atomic E-state index is 0.159. The molecule has 0 spiro atoms. The number of carbonyl (C=O) groups is 2. The van der Waals surface area contributed by atoms with Gasteiger partial charge in [-0.25, -0.2) is 0 Å². The number of amides is 2. The Labute approximate surface area is 152 Å². The Morgan fingerprint density at radius 2 is 1.88 bits per heavy atom. The van der Waals surface area contributed by atoms with Crippen LogP contribution in [0.2, 0.25) is 5.02 Å².